The van der Waals surface area contributed by atoms with Gasteiger partial charge in [0.25, 0.3) is 0 Å². The van der Waals surface area contributed by atoms with Crippen LogP contribution in [0.1, 0.15) is 49.9 Å². The summed E-state index contributed by atoms with van der Waals surface area (Å²) in [5.41, 5.74) is 2.18. The Morgan fingerprint density at radius 3 is 2.52 bits per heavy atom. The molecule has 1 aliphatic rings. The number of benzene rings is 1. The van der Waals surface area contributed by atoms with Crippen molar-refractivity contribution in [2.24, 2.45) is 0 Å². The smallest absolute Gasteiger partial charge is 0.317 e. The zero-order chi connectivity index (χ0) is 19.3. The molecule has 1 fully saturated rings. The minimum absolute atomic E-state index is 0.0109. The van der Waals surface area contributed by atoms with Gasteiger partial charge in [-0.25, -0.2) is 4.79 Å². The molecule has 3 rings (SSSR count). The summed E-state index contributed by atoms with van der Waals surface area (Å²) in [4.78, 5) is 18.8. The number of nitrogens with zero attached hydrogens (tertiary/aromatic N) is 2. The van der Waals surface area contributed by atoms with Gasteiger partial charge in [-0.1, -0.05) is 31.0 Å². The fourth-order valence-corrected chi connectivity index (χ4v) is 3.93. The van der Waals surface area contributed by atoms with Crippen LogP contribution in [-0.4, -0.2) is 36.6 Å². The summed E-state index contributed by atoms with van der Waals surface area (Å²) in [6.07, 6.45) is 6.34. The summed E-state index contributed by atoms with van der Waals surface area (Å²) >= 11 is 0. The molecule has 5 heteroatoms. The molecule has 5 nitrogen and oxygen atoms in total. The Bertz CT molecular complexity index is 740. The van der Waals surface area contributed by atoms with Crippen LogP contribution in [-0.2, 0) is 5.41 Å². The van der Waals surface area contributed by atoms with Gasteiger partial charge in [-0.3, -0.25) is 4.98 Å². The molecule has 1 atom stereocenters. The molecule has 1 aromatic carbocycles. The van der Waals surface area contributed by atoms with Crippen molar-refractivity contribution in [3.8, 4) is 5.75 Å². The summed E-state index contributed by atoms with van der Waals surface area (Å²) in [5, 5.41) is 3.17. The molecule has 2 aromatic rings. The predicted octanol–water partition coefficient (Wildman–Crippen LogP) is 4.30. The monoisotopic (exact) mass is 367 g/mol. The number of aromatic nitrogens is 1. The lowest BCUT2D eigenvalue weighted by molar-refractivity contribution is 0.190. The quantitative estimate of drug-likeness (QED) is 0.828. The highest BCUT2D eigenvalue weighted by Gasteiger charge is 2.36. The Hall–Kier alpha value is -2.56. The first-order valence-corrected chi connectivity index (χ1v) is 9.62. The third-order valence-corrected chi connectivity index (χ3v) is 5.86. The van der Waals surface area contributed by atoms with Crippen molar-refractivity contribution in [3.63, 3.8) is 0 Å². The molecule has 1 saturated carbocycles. The van der Waals surface area contributed by atoms with E-state index in [0.717, 1.165) is 24.3 Å². The van der Waals surface area contributed by atoms with Crippen molar-refractivity contribution < 1.29 is 9.53 Å². The number of rotatable bonds is 6. The Morgan fingerprint density at radius 2 is 1.93 bits per heavy atom. The first-order chi connectivity index (χ1) is 13.1. The van der Waals surface area contributed by atoms with Crippen LogP contribution in [0.15, 0.2) is 48.7 Å². The van der Waals surface area contributed by atoms with Gasteiger partial charge in [-0.2, -0.15) is 0 Å². The van der Waals surface area contributed by atoms with Crippen molar-refractivity contribution in [2.45, 2.75) is 44.1 Å². The van der Waals surface area contributed by atoms with E-state index in [0.29, 0.717) is 6.54 Å². The van der Waals surface area contributed by atoms with Gasteiger partial charge in [-0.05, 0) is 49.6 Å². The van der Waals surface area contributed by atoms with E-state index in [-0.39, 0.29) is 17.5 Å². The molecule has 0 radical (unpaired) electrons. The number of hydrogen-bond donors (Lipinski definition) is 1. The molecular formula is C22H29N3O2. The topological polar surface area (TPSA) is 54.5 Å². The number of amides is 2. The van der Waals surface area contributed by atoms with Crippen LogP contribution >= 0.6 is 0 Å². The molecule has 0 saturated heterocycles. The fraction of sp³-hybridized carbons (Fsp3) is 0.455. The first kappa shape index (κ1) is 19.2. The summed E-state index contributed by atoms with van der Waals surface area (Å²) in [6.45, 7) is 2.65. The molecule has 27 heavy (non-hydrogen) atoms. The molecule has 1 unspecified atom stereocenters. The molecule has 0 spiro atoms. The molecule has 2 amide bonds. The van der Waals surface area contributed by atoms with E-state index in [1.54, 1.807) is 18.2 Å². The van der Waals surface area contributed by atoms with Crippen LogP contribution in [0.3, 0.4) is 0 Å². The summed E-state index contributed by atoms with van der Waals surface area (Å²) in [5.74, 6) is 0.861. The van der Waals surface area contributed by atoms with Crippen LogP contribution in [0.5, 0.6) is 5.75 Å². The Kier molecular flexibility index (Phi) is 5.99. The second kappa shape index (κ2) is 8.42. The number of hydrogen-bond acceptors (Lipinski definition) is 3. The molecule has 144 valence electrons. The Morgan fingerprint density at radius 1 is 1.22 bits per heavy atom. The molecular weight excluding hydrogens is 338 g/mol. The number of ether oxygens (including phenoxy) is 1. The standard InChI is InChI=1S/C22H29N3O2/c1-17(20-8-4-7-15-23-20)25(2)21(26)24-16-22(13-5-6-14-22)18-9-11-19(27-3)12-10-18/h4,7-12,15,17H,5-6,13-14,16H2,1-3H3,(H,24,26). The average molecular weight is 367 g/mol. The molecule has 0 bridgehead atoms. The van der Waals surface area contributed by atoms with E-state index in [9.17, 15) is 4.79 Å². The largest absolute Gasteiger partial charge is 0.497 e. The lowest BCUT2D eigenvalue weighted by Crippen LogP contribution is -2.45. The lowest BCUT2D eigenvalue weighted by Gasteiger charge is -2.32. The van der Waals surface area contributed by atoms with E-state index >= 15 is 0 Å². The van der Waals surface area contributed by atoms with Crippen molar-refractivity contribution in [1.82, 2.24) is 15.2 Å². The normalized spacial score (nSPS) is 16.6. The van der Waals surface area contributed by atoms with Crippen molar-refractivity contribution >= 4 is 6.03 Å². The van der Waals surface area contributed by atoms with E-state index < -0.39 is 0 Å². The third-order valence-electron chi connectivity index (χ3n) is 5.86. The van der Waals surface area contributed by atoms with E-state index in [1.165, 1.54) is 18.4 Å². The van der Waals surface area contributed by atoms with Crippen LogP contribution in [0.25, 0.3) is 0 Å². The SMILES string of the molecule is COc1ccc(C2(CNC(=O)N(C)C(C)c3ccccn3)CCCC2)cc1. The maximum atomic E-state index is 12.8. The Labute approximate surface area is 161 Å². The third kappa shape index (κ3) is 4.24. The van der Waals surface area contributed by atoms with Crippen molar-refractivity contribution in [1.29, 1.82) is 0 Å². The van der Waals surface area contributed by atoms with Gasteiger partial charge in [0, 0.05) is 25.2 Å². The highest BCUT2D eigenvalue weighted by molar-refractivity contribution is 5.74. The number of nitrogens with one attached hydrogen (secondary N) is 1. The van der Waals surface area contributed by atoms with E-state index in [2.05, 4.69) is 22.4 Å². The lowest BCUT2D eigenvalue weighted by atomic mass is 9.79. The number of carbonyl (C=O) groups excluding carboxylic acids is 1. The number of pyridine rings is 1. The Balaban J connectivity index is 1.67. The van der Waals surface area contributed by atoms with E-state index in [1.807, 2.05) is 44.3 Å². The fourth-order valence-electron chi connectivity index (χ4n) is 3.93. The van der Waals surface area contributed by atoms with Crippen molar-refractivity contribution in [2.75, 3.05) is 20.7 Å². The summed E-state index contributed by atoms with van der Waals surface area (Å²) in [7, 11) is 3.50. The van der Waals surface area contributed by atoms with Crippen LogP contribution < -0.4 is 10.1 Å². The van der Waals surface area contributed by atoms with Gasteiger partial charge in [0.05, 0.1) is 18.8 Å². The zero-order valence-corrected chi connectivity index (χ0v) is 16.4. The molecule has 1 N–H and O–H groups in total. The maximum absolute atomic E-state index is 12.8. The minimum atomic E-state index is -0.0771. The average Bonchev–Trinajstić information content (AvgIpc) is 3.21. The van der Waals surface area contributed by atoms with Gasteiger partial charge in [-0.15, -0.1) is 0 Å². The van der Waals surface area contributed by atoms with Gasteiger partial charge in [0.2, 0.25) is 0 Å². The van der Waals surface area contributed by atoms with Gasteiger partial charge in [0.15, 0.2) is 0 Å². The van der Waals surface area contributed by atoms with Crippen LogP contribution in [0.4, 0.5) is 4.79 Å². The summed E-state index contributed by atoms with van der Waals surface area (Å²) in [6, 6.07) is 13.9. The first-order valence-electron chi connectivity index (χ1n) is 9.62. The molecule has 1 aliphatic carbocycles. The summed E-state index contributed by atoms with van der Waals surface area (Å²) < 4.78 is 5.28. The second-order valence-electron chi connectivity index (χ2n) is 7.42. The molecule has 1 heterocycles. The second-order valence-corrected chi connectivity index (χ2v) is 7.42. The van der Waals surface area contributed by atoms with E-state index in [4.69, 9.17) is 4.74 Å². The van der Waals surface area contributed by atoms with Crippen molar-refractivity contribution in [3.05, 3.63) is 59.9 Å². The number of urea groups is 1. The van der Waals surface area contributed by atoms with Crippen LogP contribution in [0, 0.1) is 0 Å². The highest BCUT2D eigenvalue weighted by Crippen LogP contribution is 2.41. The van der Waals surface area contributed by atoms with Crippen LogP contribution in [0.2, 0.25) is 0 Å². The predicted molar refractivity (Wildman–Crippen MR) is 107 cm³/mol. The molecule has 1 aromatic heterocycles. The van der Waals surface area contributed by atoms with Gasteiger partial charge >= 0.3 is 6.03 Å². The maximum Gasteiger partial charge on any atom is 0.317 e. The minimum Gasteiger partial charge on any atom is -0.497 e. The van der Waals surface area contributed by atoms with Gasteiger partial charge < -0.3 is 15.0 Å². The highest BCUT2D eigenvalue weighted by atomic mass is 16.5. The number of methoxy groups -OCH3 is 1. The number of carbonyl (C=O) groups is 1. The zero-order valence-electron chi connectivity index (χ0n) is 16.4. The van der Waals surface area contributed by atoms with Gasteiger partial charge in [0.1, 0.15) is 5.75 Å². The molecule has 0 aliphatic heterocycles.